The van der Waals surface area contributed by atoms with E-state index < -0.39 is 25.0 Å². The summed E-state index contributed by atoms with van der Waals surface area (Å²) in [6.07, 6.45) is 0. The number of carboxylic acid groups (broad SMARTS) is 2. The molecule has 0 radical (unpaired) electrons. The van der Waals surface area contributed by atoms with E-state index in [0.717, 1.165) is 4.47 Å². The zero-order chi connectivity index (χ0) is 13.7. The Hall–Kier alpha value is -1.60. The maximum absolute atomic E-state index is 10.6. The van der Waals surface area contributed by atoms with Gasteiger partial charge in [0.05, 0.1) is 13.1 Å². The van der Waals surface area contributed by atoms with E-state index >= 15 is 0 Å². The molecule has 0 aromatic heterocycles. The zero-order valence-corrected chi connectivity index (χ0v) is 10.9. The molecule has 0 saturated carbocycles. The Labute approximate surface area is 112 Å². The van der Waals surface area contributed by atoms with Gasteiger partial charge in [-0.3, -0.25) is 14.5 Å². The lowest BCUT2D eigenvalue weighted by Crippen LogP contribution is -2.33. The van der Waals surface area contributed by atoms with Crippen LogP contribution in [0.4, 0.5) is 0 Å². The maximum atomic E-state index is 10.6. The number of hydrogen-bond acceptors (Lipinski definition) is 4. The minimum atomic E-state index is -1.12. The molecule has 1 aromatic carbocycles. The molecule has 0 fully saturated rings. The van der Waals surface area contributed by atoms with Crippen LogP contribution in [0, 0.1) is 0 Å². The second-order valence-corrected chi connectivity index (χ2v) is 4.62. The van der Waals surface area contributed by atoms with Gasteiger partial charge in [0.15, 0.2) is 0 Å². The second kappa shape index (κ2) is 6.36. The minimum Gasteiger partial charge on any atom is -0.508 e. The van der Waals surface area contributed by atoms with Crippen molar-refractivity contribution in [3.8, 4) is 5.75 Å². The molecule has 0 spiro atoms. The average Bonchev–Trinajstić information content (AvgIpc) is 2.21. The fraction of sp³-hybridized carbons (Fsp3) is 0.273. The van der Waals surface area contributed by atoms with E-state index in [1.165, 1.54) is 11.0 Å². The van der Waals surface area contributed by atoms with E-state index in [4.69, 9.17) is 10.2 Å². The molecular formula is C11H12BrNO5. The lowest BCUT2D eigenvalue weighted by Gasteiger charge is -2.18. The zero-order valence-electron chi connectivity index (χ0n) is 9.34. The molecule has 6 nitrogen and oxygen atoms in total. The van der Waals surface area contributed by atoms with Crippen LogP contribution in [-0.4, -0.2) is 45.2 Å². The van der Waals surface area contributed by atoms with Gasteiger partial charge in [0.25, 0.3) is 0 Å². The van der Waals surface area contributed by atoms with Crippen molar-refractivity contribution in [2.45, 2.75) is 6.54 Å². The van der Waals surface area contributed by atoms with Gasteiger partial charge in [0, 0.05) is 16.6 Å². The van der Waals surface area contributed by atoms with E-state index in [-0.39, 0.29) is 12.3 Å². The molecule has 1 aromatic rings. The summed E-state index contributed by atoms with van der Waals surface area (Å²) in [6.45, 7) is -0.764. The monoisotopic (exact) mass is 317 g/mol. The van der Waals surface area contributed by atoms with Crippen molar-refractivity contribution in [2.24, 2.45) is 0 Å². The van der Waals surface area contributed by atoms with Crippen LogP contribution in [0.15, 0.2) is 22.7 Å². The van der Waals surface area contributed by atoms with E-state index in [1.807, 2.05) is 0 Å². The summed E-state index contributed by atoms with van der Waals surface area (Å²) in [7, 11) is 0. The van der Waals surface area contributed by atoms with Crippen molar-refractivity contribution in [3.63, 3.8) is 0 Å². The van der Waals surface area contributed by atoms with Gasteiger partial charge in [-0.25, -0.2) is 0 Å². The number of hydrogen-bond donors (Lipinski definition) is 3. The highest BCUT2D eigenvalue weighted by molar-refractivity contribution is 9.10. The largest absolute Gasteiger partial charge is 0.508 e. The Morgan fingerprint density at radius 3 is 2.22 bits per heavy atom. The van der Waals surface area contributed by atoms with Gasteiger partial charge in [-0.2, -0.15) is 0 Å². The SMILES string of the molecule is O=C(O)CN(CC(=O)O)Cc1cc(Br)ccc1O. The number of phenols is 1. The first-order valence-electron chi connectivity index (χ1n) is 5.02. The molecule has 7 heteroatoms. The summed E-state index contributed by atoms with van der Waals surface area (Å²) >= 11 is 3.23. The minimum absolute atomic E-state index is 0.000947. The predicted octanol–water partition coefficient (Wildman–Crippen LogP) is 1.13. The van der Waals surface area contributed by atoms with E-state index in [0.29, 0.717) is 5.56 Å². The molecule has 3 N–H and O–H groups in total. The van der Waals surface area contributed by atoms with Gasteiger partial charge in [-0.05, 0) is 18.2 Å². The van der Waals surface area contributed by atoms with E-state index in [1.54, 1.807) is 12.1 Å². The Bertz CT molecular complexity index is 447. The highest BCUT2D eigenvalue weighted by Gasteiger charge is 2.15. The number of phenolic OH excluding ortho intramolecular Hbond substituents is 1. The van der Waals surface area contributed by atoms with Crippen molar-refractivity contribution >= 4 is 27.9 Å². The Balaban J connectivity index is 2.84. The summed E-state index contributed by atoms with van der Waals surface area (Å²) < 4.78 is 0.723. The van der Waals surface area contributed by atoms with Crippen LogP contribution in [0.2, 0.25) is 0 Å². The van der Waals surface area contributed by atoms with Gasteiger partial charge < -0.3 is 15.3 Å². The lowest BCUT2D eigenvalue weighted by atomic mass is 10.2. The van der Waals surface area contributed by atoms with Crippen molar-refractivity contribution in [3.05, 3.63) is 28.2 Å². The number of carboxylic acids is 2. The van der Waals surface area contributed by atoms with Gasteiger partial charge in [0.2, 0.25) is 0 Å². The highest BCUT2D eigenvalue weighted by atomic mass is 79.9. The lowest BCUT2D eigenvalue weighted by molar-refractivity contribution is -0.142. The average molecular weight is 318 g/mol. The van der Waals surface area contributed by atoms with Gasteiger partial charge in [0.1, 0.15) is 5.75 Å². The number of nitrogens with zero attached hydrogens (tertiary/aromatic N) is 1. The molecule has 0 atom stereocenters. The molecule has 0 aliphatic heterocycles. The van der Waals surface area contributed by atoms with Crippen LogP contribution in [0.1, 0.15) is 5.56 Å². The smallest absolute Gasteiger partial charge is 0.317 e. The number of benzene rings is 1. The van der Waals surface area contributed by atoms with Crippen LogP contribution in [0.5, 0.6) is 5.75 Å². The first-order chi connectivity index (χ1) is 8.38. The number of aromatic hydroxyl groups is 1. The summed E-state index contributed by atoms with van der Waals surface area (Å²) in [6, 6.07) is 4.71. The molecule has 0 heterocycles. The standard InChI is InChI=1S/C11H12BrNO5/c12-8-1-2-9(14)7(3-8)4-13(5-10(15)16)6-11(17)18/h1-3,14H,4-6H2,(H,15,16)(H,17,18). The van der Waals surface area contributed by atoms with Gasteiger partial charge in [-0.15, -0.1) is 0 Å². The first-order valence-corrected chi connectivity index (χ1v) is 5.81. The molecule has 0 amide bonds. The number of carbonyl (C=O) groups is 2. The van der Waals surface area contributed by atoms with Crippen molar-refractivity contribution < 1.29 is 24.9 Å². The van der Waals surface area contributed by atoms with Gasteiger partial charge >= 0.3 is 11.9 Å². The quantitative estimate of drug-likeness (QED) is 0.727. The van der Waals surface area contributed by atoms with Crippen LogP contribution < -0.4 is 0 Å². The Morgan fingerprint density at radius 2 is 1.72 bits per heavy atom. The van der Waals surface area contributed by atoms with Crippen LogP contribution in [-0.2, 0) is 16.1 Å². The highest BCUT2D eigenvalue weighted by Crippen LogP contribution is 2.23. The summed E-state index contributed by atoms with van der Waals surface area (Å²) in [5.41, 5.74) is 0.465. The topological polar surface area (TPSA) is 98.1 Å². The predicted molar refractivity (Wildman–Crippen MR) is 66.4 cm³/mol. The van der Waals surface area contributed by atoms with Crippen LogP contribution in [0.3, 0.4) is 0 Å². The van der Waals surface area contributed by atoms with Crippen LogP contribution in [0.25, 0.3) is 0 Å². The summed E-state index contributed by atoms with van der Waals surface area (Å²) in [5.74, 6) is -2.24. The van der Waals surface area contributed by atoms with Gasteiger partial charge in [-0.1, -0.05) is 15.9 Å². The molecule has 0 bridgehead atoms. The Morgan fingerprint density at radius 1 is 1.17 bits per heavy atom. The molecule has 0 aliphatic carbocycles. The van der Waals surface area contributed by atoms with Crippen molar-refractivity contribution in [2.75, 3.05) is 13.1 Å². The summed E-state index contributed by atoms with van der Waals surface area (Å²) in [4.78, 5) is 22.5. The number of aliphatic carboxylic acids is 2. The third kappa shape index (κ3) is 4.72. The molecule has 1 rings (SSSR count). The molecule has 18 heavy (non-hydrogen) atoms. The first kappa shape index (κ1) is 14.5. The second-order valence-electron chi connectivity index (χ2n) is 3.71. The van der Waals surface area contributed by atoms with Crippen molar-refractivity contribution in [1.29, 1.82) is 0 Å². The number of halogens is 1. The molecular weight excluding hydrogens is 306 g/mol. The van der Waals surface area contributed by atoms with E-state index in [2.05, 4.69) is 15.9 Å². The Kier molecular flexibility index (Phi) is 5.11. The fourth-order valence-electron chi connectivity index (χ4n) is 1.47. The van der Waals surface area contributed by atoms with E-state index in [9.17, 15) is 14.7 Å². The third-order valence-corrected chi connectivity index (χ3v) is 2.65. The number of rotatable bonds is 6. The normalized spacial score (nSPS) is 10.6. The van der Waals surface area contributed by atoms with Crippen LogP contribution >= 0.6 is 15.9 Å². The third-order valence-electron chi connectivity index (χ3n) is 2.15. The molecule has 98 valence electrons. The molecule has 0 unspecified atom stereocenters. The summed E-state index contributed by atoms with van der Waals surface area (Å²) in [5, 5.41) is 27.0. The van der Waals surface area contributed by atoms with Crippen molar-refractivity contribution in [1.82, 2.24) is 4.90 Å². The fourth-order valence-corrected chi connectivity index (χ4v) is 1.88. The molecule has 0 saturated heterocycles. The molecule has 0 aliphatic rings. The maximum Gasteiger partial charge on any atom is 0.317 e.